The second kappa shape index (κ2) is 5.69. The fraction of sp³-hybridized carbons (Fsp3) is 0.500. The molecule has 0 fully saturated rings. The van der Waals surface area contributed by atoms with Crippen molar-refractivity contribution in [3.05, 3.63) is 34.4 Å². The molecule has 0 aromatic heterocycles. The van der Waals surface area contributed by atoms with Crippen LogP contribution < -0.4 is 0 Å². The smallest absolute Gasteiger partial charge is 0.338 e. The van der Waals surface area contributed by atoms with Gasteiger partial charge < -0.3 is 4.74 Å². The molecule has 0 radical (unpaired) electrons. The maximum atomic E-state index is 11.3. The molecule has 1 aliphatic rings. The first kappa shape index (κ1) is 12.8. The van der Waals surface area contributed by atoms with Crippen LogP contribution in [-0.4, -0.2) is 5.97 Å². The summed E-state index contributed by atoms with van der Waals surface area (Å²) in [5.74, 6) is -0.175. The van der Waals surface area contributed by atoms with Crippen molar-refractivity contribution in [3.63, 3.8) is 0 Å². The van der Waals surface area contributed by atoms with Crippen LogP contribution in [0.4, 0.5) is 0 Å². The summed E-state index contributed by atoms with van der Waals surface area (Å²) < 4.78 is 5.00. The number of ether oxygens (including phenoxy) is 1. The number of hydrogen-bond donors (Lipinski definition) is 0. The van der Waals surface area contributed by atoms with Crippen LogP contribution in [-0.2, 0) is 17.8 Å². The highest BCUT2D eigenvalue weighted by atomic mass is 16.5. The number of carbonyl (C=O) groups is 1. The van der Waals surface area contributed by atoms with E-state index in [0.717, 1.165) is 24.0 Å². The van der Waals surface area contributed by atoms with Crippen molar-refractivity contribution in [1.82, 2.24) is 0 Å². The molecule has 2 heteroatoms. The fourth-order valence-electron chi connectivity index (χ4n) is 1.94. The second-order valence-electron chi connectivity index (χ2n) is 3.70. The third-order valence-electron chi connectivity index (χ3n) is 2.80. The molecule has 0 N–H and O–H groups in total. The predicted octanol–water partition coefficient (Wildman–Crippen LogP) is 3.64. The number of aryl methyl sites for hydroxylation is 1. The van der Waals surface area contributed by atoms with E-state index >= 15 is 0 Å². The number of fused-ring (bicyclic) bond motifs is 1. The van der Waals surface area contributed by atoms with Crippen LogP contribution in [0.25, 0.3) is 0 Å². The lowest BCUT2D eigenvalue weighted by molar-refractivity contribution is 0.0535. The number of esters is 1. The highest BCUT2D eigenvalue weighted by Crippen LogP contribution is 2.26. The van der Waals surface area contributed by atoms with E-state index in [0.29, 0.717) is 6.61 Å². The first-order chi connectivity index (χ1) is 7.74. The van der Waals surface area contributed by atoms with Gasteiger partial charge in [0.05, 0.1) is 5.56 Å². The molecule has 0 saturated carbocycles. The molecule has 1 aromatic rings. The first-order valence-corrected chi connectivity index (χ1v) is 6.02. The van der Waals surface area contributed by atoms with Gasteiger partial charge in [-0.05, 0) is 30.5 Å². The summed E-state index contributed by atoms with van der Waals surface area (Å²) in [6, 6.07) is 3.94. The Bertz CT molecular complexity index is 381. The topological polar surface area (TPSA) is 26.3 Å². The summed E-state index contributed by atoms with van der Waals surface area (Å²) in [6.45, 7) is 8.69. The van der Waals surface area contributed by atoms with Gasteiger partial charge in [0.2, 0.25) is 0 Å². The highest BCUT2D eigenvalue weighted by molar-refractivity contribution is 5.93. The van der Waals surface area contributed by atoms with Gasteiger partial charge in [0, 0.05) is 5.56 Å². The lowest BCUT2D eigenvalue weighted by atomic mass is 9.96. The van der Waals surface area contributed by atoms with E-state index in [1.54, 1.807) is 0 Å². The molecule has 1 heterocycles. The van der Waals surface area contributed by atoms with Gasteiger partial charge >= 0.3 is 5.97 Å². The minimum atomic E-state index is -0.175. The number of hydrogen-bond acceptors (Lipinski definition) is 2. The summed E-state index contributed by atoms with van der Waals surface area (Å²) in [5, 5.41) is 0. The average Bonchev–Trinajstić information content (AvgIpc) is 2.68. The van der Waals surface area contributed by atoms with Crippen molar-refractivity contribution < 1.29 is 9.53 Å². The summed E-state index contributed by atoms with van der Waals surface area (Å²) in [4.78, 5) is 11.3. The van der Waals surface area contributed by atoms with Crippen molar-refractivity contribution >= 4 is 5.97 Å². The summed E-state index contributed by atoms with van der Waals surface area (Å²) in [7, 11) is 0. The van der Waals surface area contributed by atoms with Crippen LogP contribution in [0.1, 0.15) is 54.2 Å². The highest BCUT2D eigenvalue weighted by Gasteiger charge is 2.23. The van der Waals surface area contributed by atoms with Crippen molar-refractivity contribution in [1.29, 1.82) is 0 Å². The second-order valence-corrected chi connectivity index (χ2v) is 3.70. The van der Waals surface area contributed by atoms with E-state index in [-0.39, 0.29) is 5.97 Å². The first-order valence-electron chi connectivity index (χ1n) is 6.02. The van der Waals surface area contributed by atoms with E-state index in [1.165, 1.54) is 11.1 Å². The van der Waals surface area contributed by atoms with Crippen molar-refractivity contribution in [2.24, 2.45) is 0 Å². The van der Waals surface area contributed by atoms with Gasteiger partial charge in [0.25, 0.3) is 0 Å². The average molecular weight is 220 g/mol. The molecule has 0 spiro atoms. The van der Waals surface area contributed by atoms with Crippen molar-refractivity contribution in [3.8, 4) is 0 Å². The number of cyclic esters (lactones) is 1. The molecule has 1 aromatic carbocycles. The minimum absolute atomic E-state index is 0.175. The van der Waals surface area contributed by atoms with Crippen LogP contribution in [0.5, 0.6) is 0 Å². The lowest BCUT2D eigenvalue weighted by Crippen LogP contribution is -1.97. The van der Waals surface area contributed by atoms with Gasteiger partial charge in [-0.25, -0.2) is 4.79 Å². The van der Waals surface area contributed by atoms with Gasteiger partial charge in [-0.3, -0.25) is 0 Å². The zero-order chi connectivity index (χ0) is 12.1. The van der Waals surface area contributed by atoms with Crippen LogP contribution in [0.15, 0.2) is 12.1 Å². The summed E-state index contributed by atoms with van der Waals surface area (Å²) in [6.07, 6.45) is 2.21. The Kier molecular flexibility index (Phi) is 4.53. The van der Waals surface area contributed by atoms with Crippen LogP contribution in [0.3, 0.4) is 0 Å². The molecule has 0 unspecified atom stereocenters. The molecular weight excluding hydrogens is 200 g/mol. The summed E-state index contributed by atoms with van der Waals surface area (Å²) >= 11 is 0. The Balaban J connectivity index is 0.000000606. The lowest BCUT2D eigenvalue weighted by Gasteiger charge is -2.07. The minimum Gasteiger partial charge on any atom is -0.457 e. The Morgan fingerprint density at radius 3 is 2.62 bits per heavy atom. The van der Waals surface area contributed by atoms with Gasteiger partial charge in [-0.1, -0.05) is 33.3 Å². The maximum Gasteiger partial charge on any atom is 0.338 e. The predicted molar refractivity (Wildman–Crippen MR) is 65.6 cm³/mol. The number of benzene rings is 1. The van der Waals surface area contributed by atoms with Crippen molar-refractivity contribution in [2.45, 2.75) is 47.1 Å². The maximum absolute atomic E-state index is 11.3. The SMILES string of the molecule is CC.CCCc1ccc2c(c1C)COC2=O. The molecule has 16 heavy (non-hydrogen) atoms. The zero-order valence-electron chi connectivity index (χ0n) is 10.6. The molecule has 0 amide bonds. The Morgan fingerprint density at radius 1 is 1.31 bits per heavy atom. The van der Waals surface area contributed by atoms with Crippen LogP contribution >= 0.6 is 0 Å². The largest absolute Gasteiger partial charge is 0.457 e. The molecule has 0 aliphatic carbocycles. The molecule has 0 saturated heterocycles. The van der Waals surface area contributed by atoms with E-state index in [9.17, 15) is 4.79 Å². The Hall–Kier alpha value is -1.31. The third-order valence-corrected chi connectivity index (χ3v) is 2.80. The third kappa shape index (κ3) is 2.26. The molecule has 88 valence electrons. The van der Waals surface area contributed by atoms with E-state index in [2.05, 4.69) is 13.8 Å². The molecule has 2 nitrogen and oxygen atoms in total. The van der Waals surface area contributed by atoms with Gasteiger partial charge in [0.1, 0.15) is 6.61 Å². The number of carbonyl (C=O) groups excluding carboxylic acids is 1. The van der Waals surface area contributed by atoms with Crippen LogP contribution in [0, 0.1) is 6.92 Å². The van der Waals surface area contributed by atoms with Crippen LogP contribution in [0.2, 0.25) is 0 Å². The quantitative estimate of drug-likeness (QED) is 0.711. The van der Waals surface area contributed by atoms with Gasteiger partial charge in [-0.15, -0.1) is 0 Å². The summed E-state index contributed by atoms with van der Waals surface area (Å²) in [5.41, 5.74) is 4.41. The Morgan fingerprint density at radius 2 is 2.00 bits per heavy atom. The van der Waals surface area contributed by atoms with Gasteiger partial charge in [0.15, 0.2) is 0 Å². The standard InChI is InChI=1S/C12H14O2.C2H6/c1-3-4-9-5-6-10-11(8(9)2)7-14-12(10)13;1-2/h5-6H,3-4,7H2,1-2H3;1-2H3. The molecule has 2 rings (SSSR count). The molecule has 1 aliphatic heterocycles. The van der Waals surface area contributed by atoms with Gasteiger partial charge in [-0.2, -0.15) is 0 Å². The number of rotatable bonds is 2. The normalized spacial score (nSPS) is 12.6. The molecule has 0 bridgehead atoms. The fourth-order valence-corrected chi connectivity index (χ4v) is 1.94. The van der Waals surface area contributed by atoms with E-state index < -0.39 is 0 Å². The van der Waals surface area contributed by atoms with E-state index in [4.69, 9.17) is 4.74 Å². The monoisotopic (exact) mass is 220 g/mol. The molecular formula is C14H20O2. The Labute approximate surface area is 97.6 Å². The molecule has 0 atom stereocenters. The van der Waals surface area contributed by atoms with Crippen molar-refractivity contribution in [2.75, 3.05) is 0 Å². The zero-order valence-corrected chi connectivity index (χ0v) is 10.6. The van der Waals surface area contributed by atoms with E-state index in [1.807, 2.05) is 26.0 Å².